The van der Waals surface area contributed by atoms with E-state index >= 15 is 0 Å². The van der Waals surface area contributed by atoms with Gasteiger partial charge < -0.3 is 9.30 Å². The molecule has 12 heteroatoms. The maximum Gasteiger partial charge on any atom is 0.244 e. The number of fused-ring (bicyclic) bond motifs is 1. The summed E-state index contributed by atoms with van der Waals surface area (Å²) >= 11 is 0. The van der Waals surface area contributed by atoms with Crippen LogP contribution in [0.25, 0.3) is 28.1 Å². The second-order valence-electron chi connectivity index (χ2n) is 7.40. The summed E-state index contributed by atoms with van der Waals surface area (Å²) in [6, 6.07) is 11.4. The van der Waals surface area contributed by atoms with Crippen molar-refractivity contribution in [2.45, 2.75) is 10.9 Å². The largest absolute Gasteiger partial charge is 0.497 e. The molecule has 0 unspecified atom stereocenters. The molecule has 0 spiro atoms. The number of nitrogens with one attached hydrogen (secondary N) is 1. The third kappa shape index (κ3) is 4.55. The highest BCUT2D eigenvalue weighted by atomic mass is 32.2. The number of nitriles is 1. The van der Waals surface area contributed by atoms with E-state index < -0.39 is 40.1 Å². The lowest BCUT2D eigenvalue weighted by Gasteiger charge is -2.13. The van der Waals surface area contributed by atoms with Gasteiger partial charge in [-0.3, -0.25) is 0 Å². The van der Waals surface area contributed by atoms with Gasteiger partial charge in [0.1, 0.15) is 41.6 Å². The summed E-state index contributed by atoms with van der Waals surface area (Å²) in [4.78, 5) is 7.81. The van der Waals surface area contributed by atoms with Crippen molar-refractivity contribution in [3.63, 3.8) is 0 Å². The lowest BCUT2D eigenvalue weighted by molar-refractivity contribution is 0.334. The van der Waals surface area contributed by atoms with Gasteiger partial charge in [-0.25, -0.2) is 36.3 Å². The molecule has 2 aromatic heterocycles. The van der Waals surface area contributed by atoms with E-state index in [0.29, 0.717) is 22.3 Å². The molecular formula is C23H18F3N5O3S. The number of benzene rings is 2. The van der Waals surface area contributed by atoms with Gasteiger partial charge in [-0.05, 0) is 42.5 Å². The molecule has 1 N–H and O–H groups in total. The maximum absolute atomic E-state index is 14.1. The second kappa shape index (κ2) is 9.73. The van der Waals surface area contributed by atoms with Crippen LogP contribution in [-0.2, 0) is 10.0 Å². The van der Waals surface area contributed by atoms with Crippen LogP contribution in [0.1, 0.15) is 5.56 Å². The molecule has 8 nitrogen and oxygen atoms in total. The second-order valence-corrected chi connectivity index (χ2v) is 9.11. The van der Waals surface area contributed by atoms with Crippen molar-refractivity contribution in [3.8, 4) is 29.0 Å². The molecule has 2 heterocycles. The van der Waals surface area contributed by atoms with Gasteiger partial charge >= 0.3 is 0 Å². The fourth-order valence-corrected chi connectivity index (χ4v) is 4.64. The molecule has 0 amide bonds. The van der Waals surface area contributed by atoms with Gasteiger partial charge in [0, 0.05) is 11.1 Å². The summed E-state index contributed by atoms with van der Waals surface area (Å²) in [5.74, 6) is 0.0353. The zero-order chi connectivity index (χ0) is 25.2. The van der Waals surface area contributed by atoms with Gasteiger partial charge in [0.15, 0.2) is 5.82 Å². The first kappa shape index (κ1) is 24.2. The molecule has 2 aromatic carbocycles. The first-order valence-corrected chi connectivity index (χ1v) is 11.7. The number of nitrogens with zero attached hydrogens (tertiary/aromatic N) is 4. The lowest BCUT2D eigenvalue weighted by Crippen LogP contribution is -2.38. The highest BCUT2D eigenvalue weighted by Gasteiger charge is 2.25. The van der Waals surface area contributed by atoms with E-state index in [1.165, 1.54) is 25.3 Å². The normalized spacial score (nSPS) is 11.7. The first-order chi connectivity index (χ1) is 16.8. The lowest BCUT2D eigenvalue weighted by atomic mass is 10.1. The topological polar surface area (TPSA) is 110 Å². The third-order valence-electron chi connectivity index (χ3n) is 5.22. The molecule has 0 aliphatic rings. The van der Waals surface area contributed by atoms with Gasteiger partial charge in [-0.15, -0.1) is 0 Å². The Hall–Kier alpha value is -3.95. The van der Waals surface area contributed by atoms with Crippen molar-refractivity contribution in [2.75, 3.05) is 20.5 Å². The molecule has 0 aliphatic carbocycles. The summed E-state index contributed by atoms with van der Waals surface area (Å²) in [6.07, 6.45) is 1.94. The highest BCUT2D eigenvalue weighted by Crippen LogP contribution is 2.35. The fraction of sp³-hybridized carbons (Fsp3) is 0.174. The molecule has 0 radical (unpaired) electrons. The average molecular weight is 501 g/mol. The molecule has 0 bridgehead atoms. The van der Waals surface area contributed by atoms with Crippen molar-refractivity contribution in [3.05, 3.63) is 66.2 Å². The number of methoxy groups -OCH3 is 1. The number of hydrogen-bond acceptors (Lipinski definition) is 6. The van der Waals surface area contributed by atoms with Gasteiger partial charge in [-0.1, -0.05) is 0 Å². The van der Waals surface area contributed by atoms with Crippen molar-refractivity contribution < 1.29 is 26.3 Å². The van der Waals surface area contributed by atoms with Gasteiger partial charge in [0.05, 0.1) is 36.6 Å². The van der Waals surface area contributed by atoms with Crippen LogP contribution in [0, 0.1) is 17.1 Å². The Kier molecular flexibility index (Phi) is 6.72. The molecule has 4 rings (SSSR count). The van der Waals surface area contributed by atoms with E-state index in [2.05, 4.69) is 16.0 Å². The van der Waals surface area contributed by atoms with Crippen molar-refractivity contribution in [1.29, 1.82) is 5.26 Å². The van der Waals surface area contributed by atoms with E-state index in [1.807, 2.05) is 4.72 Å². The quantitative estimate of drug-likeness (QED) is 0.394. The van der Waals surface area contributed by atoms with E-state index in [4.69, 9.17) is 4.74 Å². The Morgan fingerprint density at radius 3 is 2.34 bits per heavy atom. The summed E-state index contributed by atoms with van der Waals surface area (Å²) in [5, 5.41) is 10.2. The van der Waals surface area contributed by atoms with Crippen LogP contribution < -0.4 is 9.46 Å². The van der Waals surface area contributed by atoms with Crippen molar-refractivity contribution >= 4 is 20.9 Å². The van der Waals surface area contributed by atoms with Crippen molar-refractivity contribution in [2.24, 2.45) is 0 Å². The molecule has 180 valence electrons. The van der Waals surface area contributed by atoms with Gasteiger partial charge in [-0.2, -0.15) is 5.26 Å². The molecule has 0 atom stereocenters. The minimum Gasteiger partial charge on any atom is -0.497 e. The van der Waals surface area contributed by atoms with Crippen LogP contribution >= 0.6 is 0 Å². The molecule has 0 saturated carbocycles. The predicted octanol–water partition coefficient (Wildman–Crippen LogP) is 3.69. The first-order valence-electron chi connectivity index (χ1n) is 10.2. The number of aromatic nitrogens is 3. The number of rotatable bonds is 8. The Morgan fingerprint density at radius 1 is 1.11 bits per heavy atom. The standard InChI is InChI=1S/C23H18F3N5O3S/c1-34-17-5-3-16(4-6-17)31-21-7-2-14(26)8-19(21)20(11-27)22(31)23-28-12-18(13-29-23)35(32,33)30-15(9-24)10-25/h2-8,12-13,15,30H,9-10H2,1H3. The summed E-state index contributed by atoms with van der Waals surface area (Å²) in [7, 11) is -2.77. The smallest absolute Gasteiger partial charge is 0.244 e. The number of sulfonamides is 1. The SMILES string of the molecule is COc1ccc(-n2c(-c3ncc(S(=O)(=O)NC(CF)CF)cn3)c(C#N)c3cc(F)ccc32)cc1. The Labute approximate surface area is 198 Å². The van der Waals surface area contributed by atoms with Gasteiger partial charge in [0.25, 0.3) is 0 Å². The van der Waals surface area contributed by atoms with Crippen LogP contribution in [0.2, 0.25) is 0 Å². The summed E-state index contributed by atoms with van der Waals surface area (Å²) in [6.45, 7) is -2.45. The Morgan fingerprint density at radius 2 is 1.77 bits per heavy atom. The van der Waals surface area contributed by atoms with Crippen LogP contribution in [-0.4, -0.2) is 49.5 Å². The maximum atomic E-state index is 14.1. The zero-order valence-electron chi connectivity index (χ0n) is 18.2. The van der Waals surface area contributed by atoms with Crippen LogP contribution in [0.15, 0.2) is 59.8 Å². The highest BCUT2D eigenvalue weighted by molar-refractivity contribution is 7.89. The van der Waals surface area contributed by atoms with Crippen LogP contribution in [0.3, 0.4) is 0 Å². The fourth-order valence-electron chi connectivity index (χ4n) is 3.56. The average Bonchev–Trinajstić information content (AvgIpc) is 3.20. The van der Waals surface area contributed by atoms with Crippen LogP contribution in [0.4, 0.5) is 13.2 Å². The number of halogens is 3. The number of alkyl halides is 2. The van der Waals surface area contributed by atoms with E-state index in [9.17, 15) is 26.9 Å². The molecule has 4 aromatic rings. The number of hydrogen-bond donors (Lipinski definition) is 1. The van der Waals surface area contributed by atoms with E-state index in [1.54, 1.807) is 28.8 Å². The minimum atomic E-state index is -4.29. The van der Waals surface area contributed by atoms with Crippen molar-refractivity contribution in [1.82, 2.24) is 19.3 Å². The summed E-state index contributed by atoms with van der Waals surface area (Å²) < 4.78 is 73.2. The number of ether oxygens (including phenoxy) is 1. The molecule has 0 aliphatic heterocycles. The van der Waals surface area contributed by atoms with Gasteiger partial charge in [0.2, 0.25) is 10.0 Å². The van der Waals surface area contributed by atoms with E-state index in [0.717, 1.165) is 12.4 Å². The molecular weight excluding hydrogens is 483 g/mol. The minimum absolute atomic E-state index is 0.0135. The Bertz CT molecular complexity index is 1510. The van der Waals surface area contributed by atoms with E-state index in [-0.39, 0.29) is 17.1 Å². The molecule has 35 heavy (non-hydrogen) atoms. The monoisotopic (exact) mass is 501 g/mol. The molecule has 0 saturated heterocycles. The van der Waals surface area contributed by atoms with Crippen LogP contribution in [0.5, 0.6) is 5.75 Å². The summed E-state index contributed by atoms with van der Waals surface area (Å²) in [5.41, 5.74) is 1.38. The molecule has 0 fully saturated rings. The third-order valence-corrected chi connectivity index (χ3v) is 6.69. The zero-order valence-corrected chi connectivity index (χ0v) is 19.1. The Balaban J connectivity index is 1.89. The predicted molar refractivity (Wildman–Crippen MR) is 122 cm³/mol.